The molecule has 2 rings (SSSR count). The number of hydrogen-bond acceptors (Lipinski definition) is 3. The lowest BCUT2D eigenvalue weighted by Gasteiger charge is -2.22. The van der Waals surface area contributed by atoms with Crippen LogP contribution in [0.4, 0.5) is 8.78 Å². The molecule has 1 fully saturated rings. The van der Waals surface area contributed by atoms with E-state index in [4.69, 9.17) is 0 Å². The van der Waals surface area contributed by atoms with Gasteiger partial charge < -0.3 is 10.0 Å². The molecule has 1 N–H and O–H groups in total. The number of nitrogens with zero attached hydrogens (tertiary/aromatic N) is 2. The van der Waals surface area contributed by atoms with Crippen LogP contribution in [0.15, 0.2) is 12.3 Å². The minimum atomic E-state index is -1.27. The van der Waals surface area contributed by atoms with Crippen molar-refractivity contribution in [1.29, 1.82) is 0 Å². The van der Waals surface area contributed by atoms with Gasteiger partial charge >= 0.3 is 0 Å². The fourth-order valence-electron chi connectivity index (χ4n) is 2.22. The molecule has 0 radical (unpaired) electrons. The molecule has 1 atom stereocenters. The Hall–Kier alpha value is -1.56. The second kappa shape index (κ2) is 5.21. The van der Waals surface area contributed by atoms with Gasteiger partial charge in [0.1, 0.15) is 0 Å². The van der Waals surface area contributed by atoms with E-state index in [1.807, 2.05) is 0 Å². The van der Waals surface area contributed by atoms with Gasteiger partial charge in [-0.15, -0.1) is 0 Å². The second-order valence-corrected chi connectivity index (χ2v) is 5.11. The Labute approximate surface area is 110 Å². The van der Waals surface area contributed by atoms with Gasteiger partial charge in [0.2, 0.25) is 5.95 Å². The van der Waals surface area contributed by atoms with Crippen molar-refractivity contribution in [3.05, 3.63) is 29.6 Å². The monoisotopic (exact) mass is 270 g/mol. The van der Waals surface area contributed by atoms with E-state index >= 15 is 0 Å². The lowest BCUT2D eigenvalue weighted by atomic mass is 9.98. The third-order valence-electron chi connectivity index (χ3n) is 3.43. The Morgan fingerprint density at radius 1 is 1.42 bits per heavy atom. The standard InChI is InChI=1S/C13H16F2N2O2/c1-13(19)4-2-7-17(8-5-13)12(18)9-3-6-16-11(15)10(9)14/h3,6,19H,2,4-5,7-8H2,1H3. The lowest BCUT2D eigenvalue weighted by Crippen LogP contribution is -2.34. The predicted octanol–water partition coefficient (Wildman–Crippen LogP) is 1.74. The van der Waals surface area contributed by atoms with E-state index in [-0.39, 0.29) is 5.56 Å². The number of aliphatic hydroxyl groups is 1. The quantitative estimate of drug-likeness (QED) is 0.791. The summed E-state index contributed by atoms with van der Waals surface area (Å²) in [6.45, 7) is 2.47. The maximum Gasteiger partial charge on any atom is 0.257 e. The summed E-state index contributed by atoms with van der Waals surface area (Å²) in [5.74, 6) is -3.05. The average Bonchev–Trinajstić information content (AvgIpc) is 2.53. The molecule has 104 valence electrons. The van der Waals surface area contributed by atoms with Crippen LogP contribution in [-0.4, -0.2) is 39.6 Å². The summed E-state index contributed by atoms with van der Waals surface area (Å²) in [6.07, 6.45) is 2.71. The molecule has 0 aromatic carbocycles. The molecule has 1 aliphatic rings. The molecule has 6 heteroatoms. The molecular weight excluding hydrogens is 254 g/mol. The van der Waals surface area contributed by atoms with Crippen molar-refractivity contribution >= 4 is 5.91 Å². The molecule has 4 nitrogen and oxygen atoms in total. The van der Waals surface area contributed by atoms with Gasteiger partial charge in [-0.3, -0.25) is 4.79 Å². The third-order valence-corrected chi connectivity index (χ3v) is 3.43. The molecule has 19 heavy (non-hydrogen) atoms. The summed E-state index contributed by atoms with van der Waals surface area (Å²) in [5, 5.41) is 9.94. The molecule has 1 aromatic heterocycles. The highest BCUT2D eigenvalue weighted by atomic mass is 19.2. The first-order valence-electron chi connectivity index (χ1n) is 6.22. The van der Waals surface area contributed by atoms with E-state index in [2.05, 4.69) is 4.98 Å². The minimum Gasteiger partial charge on any atom is -0.390 e. The highest BCUT2D eigenvalue weighted by Crippen LogP contribution is 2.23. The van der Waals surface area contributed by atoms with Gasteiger partial charge in [-0.1, -0.05) is 0 Å². The summed E-state index contributed by atoms with van der Waals surface area (Å²) in [5.41, 5.74) is -1.12. The molecule has 1 amide bonds. The van der Waals surface area contributed by atoms with E-state index in [0.717, 1.165) is 6.20 Å². The maximum atomic E-state index is 13.5. The first-order valence-corrected chi connectivity index (χ1v) is 6.22. The number of carbonyl (C=O) groups is 1. The first-order chi connectivity index (χ1) is 8.91. The van der Waals surface area contributed by atoms with Gasteiger partial charge in [0.25, 0.3) is 5.91 Å². The van der Waals surface area contributed by atoms with Crippen LogP contribution in [0, 0.1) is 11.8 Å². The van der Waals surface area contributed by atoms with Gasteiger partial charge in [-0.25, -0.2) is 9.37 Å². The van der Waals surface area contributed by atoms with Crippen molar-refractivity contribution < 1.29 is 18.7 Å². The Bertz CT molecular complexity index is 492. The summed E-state index contributed by atoms with van der Waals surface area (Å²) >= 11 is 0. The largest absolute Gasteiger partial charge is 0.390 e. The van der Waals surface area contributed by atoms with Gasteiger partial charge in [0.15, 0.2) is 5.82 Å². The number of pyridine rings is 1. The third kappa shape index (κ3) is 3.07. The summed E-state index contributed by atoms with van der Waals surface area (Å²) in [7, 11) is 0. The van der Waals surface area contributed by atoms with Crippen LogP contribution < -0.4 is 0 Å². The molecule has 0 saturated carbocycles. The van der Waals surface area contributed by atoms with E-state index in [1.165, 1.54) is 11.0 Å². The van der Waals surface area contributed by atoms with Crippen molar-refractivity contribution in [3.8, 4) is 0 Å². The van der Waals surface area contributed by atoms with Crippen LogP contribution in [0.2, 0.25) is 0 Å². The van der Waals surface area contributed by atoms with Gasteiger partial charge in [-0.2, -0.15) is 4.39 Å². The molecule has 1 unspecified atom stereocenters. The Morgan fingerprint density at radius 2 is 2.16 bits per heavy atom. The van der Waals surface area contributed by atoms with E-state index in [0.29, 0.717) is 32.4 Å². The van der Waals surface area contributed by atoms with Crippen LogP contribution in [0.1, 0.15) is 36.5 Å². The Balaban J connectivity index is 2.18. The molecule has 0 aliphatic carbocycles. The van der Waals surface area contributed by atoms with Gasteiger partial charge in [0, 0.05) is 19.3 Å². The van der Waals surface area contributed by atoms with Crippen molar-refractivity contribution in [2.75, 3.05) is 13.1 Å². The second-order valence-electron chi connectivity index (χ2n) is 5.11. The molecule has 1 saturated heterocycles. The van der Waals surface area contributed by atoms with Gasteiger partial charge in [-0.05, 0) is 32.3 Å². The molecule has 0 spiro atoms. The van der Waals surface area contributed by atoms with Crippen LogP contribution in [-0.2, 0) is 0 Å². The first kappa shape index (κ1) is 13.9. The Kier molecular flexibility index (Phi) is 3.80. The predicted molar refractivity (Wildman–Crippen MR) is 64.5 cm³/mol. The number of amides is 1. The van der Waals surface area contributed by atoms with Crippen molar-refractivity contribution in [2.24, 2.45) is 0 Å². The molecule has 2 heterocycles. The SMILES string of the molecule is CC1(O)CCCN(C(=O)c2ccnc(F)c2F)CC1. The van der Waals surface area contributed by atoms with Gasteiger partial charge in [0.05, 0.1) is 11.2 Å². The summed E-state index contributed by atoms with van der Waals surface area (Å²) in [4.78, 5) is 16.7. The van der Waals surface area contributed by atoms with Crippen molar-refractivity contribution in [1.82, 2.24) is 9.88 Å². The van der Waals surface area contributed by atoms with E-state index < -0.39 is 23.3 Å². The number of rotatable bonds is 1. The maximum absolute atomic E-state index is 13.5. The number of aromatic nitrogens is 1. The summed E-state index contributed by atoms with van der Waals surface area (Å²) < 4.78 is 26.5. The van der Waals surface area contributed by atoms with Crippen LogP contribution in [0.25, 0.3) is 0 Å². The molecular formula is C13H16F2N2O2. The number of likely N-dealkylation sites (tertiary alicyclic amines) is 1. The number of halogens is 2. The lowest BCUT2D eigenvalue weighted by molar-refractivity contribution is 0.0437. The van der Waals surface area contributed by atoms with Crippen LogP contribution >= 0.6 is 0 Å². The molecule has 1 aromatic rings. The van der Waals surface area contributed by atoms with Crippen LogP contribution in [0.5, 0.6) is 0 Å². The minimum absolute atomic E-state index is 0.311. The topological polar surface area (TPSA) is 53.4 Å². The van der Waals surface area contributed by atoms with Crippen molar-refractivity contribution in [3.63, 3.8) is 0 Å². The number of carbonyl (C=O) groups excluding carboxylic acids is 1. The van der Waals surface area contributed by atoms with E-state index in [9.17, 15) is 18.7 Å². The zero-order chi connectivity index (χ0) is 14.0. The van der Waals surface area contributed by atoms with E-state index in [1.54, 1.807) is 6.92 Å². The smallest absolute Gasteiger partial charge is 0.257 e. The zero-order valence-corrected chi connectivity index (χ0v) is 10.7. The fourth-order valence-corrected chi connectivity index (χ4v) is 2.22. The number of hydrogen-bond donors (Lipinski definition) is 1. The highest BCUT2D eigenvalue weighted by molar-refractivity contribution is 5.94. The highest BCUT2D eigenvalue weighted by Gasteiger charge is 2.29. The average molecular weight is 270 g/mol. The van der Waals surface area contributed by atoms with Crippen LogP contribution in [0.3, 0.4) is 0 Å². The normalized spacial score (nSPS) is 24.1. The molecule has 1 aliphatic heterocycles. The Morgan fingerprint density at radius 3 is 2.89 bits per heavy atom. The summed E-state index contributed by atoms with van der Waals surface area (Å²) in [6, 6.07) is 1.17. The van der Waals surface area contributed by atoms with Crippen molar-refractivity contribution in [2.45, 2.75) is 31.8 Å². The molecule has 0 bridgehead atoms. The fraction of sp³-hybridized carbons (Fsp3) is 0.538. The zero-order valence-electron chi connectivity index (χ0n) is 10.7.